The Kier molecular flexibility index (Phi) is 4.99. The SMILES string of the molecule is CC(C)OP(=O)(OC(C)C)P(=O)(O)O. The first-order valence-electron chi connectivity index (χ1n) is 4.11. The van der Waals surface area contributed by atoms with Crippen molar-refractivity contribution in [2.75, 3.05) is 0 Å². The first-order chi connectivity index (χ1) is 6.08. The standard InChI is InChI=1S/C6H16O6P2/c1-5(2)11-14(10,12-6(3)4)13(7,8)9/h5-6H,1-4H3,(H2,7,8,9). The minimum atomic E-state index is -4.88. The molecule has 8 heteroatoms. The van der Waals surface area contributed by atoms with Crippen LogP contribution < -0.4 is 0 Å². The van der Waals surface area contributed by atoms with Crippen LogP contribution in [0.1, 0.15) is 27.7 Å². The van der Waals surface area contributed by atoms with Crippen LogP contribution in [0.4, 0.5) is 0 Å². The van der Waals surface area contributed by atoms with Gasteiger partial charge in [0.15, 0.2) is 0 Å². The molecule has 0 unspecified atom stereocenters. The fraction of sp³-hybridized carbons (Fsp3) is 1.00. The van der Waals surface area contributed by atoms with Crippen LogP contribution in [0, 0.1) is 0 Å². The second kappa shape index (κ2) is 4.88. The van der Waals surface area contributed by atoms with E-state index >= 15 is 0 Å². The third-order valence-electron chi connectivity index (χ3n) is 1.01. The highest BCUT2D eigenvalue weighted by molar-refractivity contribution is 8.26. The Bertz CT molecular complexity index is 253. The van der Waals surface area contributed by atoms with Gasteiger partial charge in [0.05, 0.1) is 12.2 Å². The van der Waals surface area contributed by atoms with E-state index in [1.807, 2.05) is 0 Å². The largest absolute Gasteiger partial charge is 0.441 e. The predicted octanol–water partition coefficient (Wildman–Crippen LogP) is 2.12. The number of hydrogen-bond donors (Lipinski definition) is 2. The summed E-state index contributed by atoms with van der Waals surface area (Å²) in [5.41, 5.74) is 0. The summed E-state index contributed by atoms with van der Waals surface area (Å²) in [5.74, 6) is 0. The van der Waals surface area contributed by atoms with Crippen molar-refractivity contribution in [3.05, 3.63) is 0 Å². The van der Waals surface area contributed by atoms with Gasteiger partial charge in [0.25, 0.3) is 0 Å². The van der Waals surface area contributed by atoms with Crippen LogP contribution in [0.15, 0.2) is 0 Å². The van der Waals surface area contributed by atoms with Crippen LogP contribution >= 0.6 is 14.6 Å². The number of rotatable bonds is 5. The summed E-state index contributed by atoms with van der Waals surface area (Å²) in [5, 5.41) is 0. The normalized spacial score (nSPS) is 14.0. The van der Waals surface area contributed by atoms with Gasteiger partial charge in [-0.3, -0.25) is 9.05 Å². The zero-order valence-corrected chi connectivity index (χ0v) is 10.4. The summed E-state index contributed by atoms with van der Waals surface area (Å²) in [4.78, 5) is 17.7. The van der Waals surface area contributed by atoms with Crippen molar-refractivity contribution in [2.24, 2.45) is 0 Å². The summed E-state index contributed by atoms with van der Waals surface area (Å²) in [6, 6.07) is 0. The Morgan fingerprint density at radius 2 is 1.21 bits per heavy atom. The van der Waals surface area contributed by atoms with Gasteiger partial charge < -0.3 is 9.79 Å². The van der Waals surface area contributed by atoms with Crippen LogP contribution in [0.2, 0.25) is 0 Å². The highest BCUT2D eigenvalue weighted by atomic mass is 32.1. The van der Waals surface area contributed by atoms with Crippen LogP contribution in [-0.2, 0) is 18.2 Å². The highest BCUT2D eigenvalue weighted by Crippen LogP contribution is 2.78. The highest BCUT2D eigenvalue weighted by Gasteiger charge is 2.46. The van der Waals surface area contributed by atoms with Crippen molar-refractivity contribution >= 4 is 14.6 Å². The summed E-state index contributed by atoms with van der Waals surface area (Å²) < 4.78 is 31.9. The summed E-state index contributed by atoms with van der Waals surface area (Å²) in [6.07, 6.45) is -1.15. The van der Waals surface area contributed by atoms with Gasteiger partial charge in [-0.05, 0) is 27.7 Å². The molecule has 0 saturated heterocycles. The van der Waals surface area contributed by atoms with E-state index in [2.05, 4.69) is 9.05 Å². The molecule has 0 aromatic rings. The van der Waals surface area contributed by atoms with E-state index in [-0.39, 0.29) is 0 Å². The van der Waals surface area contributed by atoms with E-state index in [9.17, 15) is 9.13 Å². The predicted molar refractivity (Wildman–Crippen MR) is 52.1 cm³/mol. The molecular weight excluding hydrogens is 230 g/mol. The average Bonchev–Trinajstić information content (AvgIpc) is 1.78. The van der Waals surface area contributed by atoms with Crippen LogP contribution in [-0.4, -0.2) is 22.0 Å². The Labute approximate surface area is 83.2 Å². The van der Waals surface area contributed by atoms with Gasteiger partial charge in [-0.25, -0.2) is 9.13 Å². The molecule has 86 valence electrons. The molecule has 0 atom stereocenters. The van der Waals surface area contributed by atoms with E-state index in [1.165, 1.54) is 27.7 Å². The minimum absolute atomic E-state index is 0.577. The molecule has 0 rings (SSSR count). The van der Waals surface area contributed by atoms with Crippen LogP contribution in [0.5, 0.6) is 0 Å². The molecule has 14 heavy (non-hydrogen) atoms. The van der Waals surface area contributed by atoms with E-state index in [4.69, 9.17) is 9.79 Å². The quantitative estimate of drug-likeness (QED) is 0.721. The van der Waals surface area contributed by atoms with E-state index in [1.54, 1.807) is 0 Å². The summed E-state index contributed by atoms with van der Waals surface area (Å²) in [6.45, 7) is 6.08. The fourth-order valence-electron chi connectivity index (χ4n) is 0.680. The monoisotopic (exact) mass is 246 g/mol. The third kappa shape index (κ3) is 4.22. The van der Waals surface area contributed by atoms with E-state index in [0.717, 1.165) is 0 Å². The molecule has 0 amide bonds. The first-order valence-corrected chi connectivity index (χ1v) is 7.97. The zero-order valence-electron chi connectivity index (χ0n) is 8.58. The van der Waals surface area contributed by atoms with Crippen molar-refractivity contribution in [3.8, 4) is 0 Å². The molecule has 6 nitrogen and oxygen atoms in total. The molecule has 0 heterocycles. The molecule has 2 N–H and O–H groups in total. The lowest BCUT2D eigenvalue weighted by atomic mass is 10.5. The second-order valence-corrected chi connectivity index (χ2v) is 8.71. The lowest BCUT2D eigenvalue weighted by Crippen LogP contribution is -2.08. The lowest BCUT2D eigenvalue weighted by Gasteiger charge is -2.22. The van der Waals surface area contributed by atoms with Gasteiger partial charge in [-0.15, -0.1) is 0 Å². The maximum Gasteiger partial charge on any atom is 0.441 e. The molecule has 0 aliphatic heterocycles. The average molecular weight is 246 g/mol. The van der Waals surface area contributed by atoms with Gasteiger partial charge in [-0.1, -0.05) is 0 Å². The van der Waals surface area contributed by atoms with Crippen molar-refractivity contribution < 1.29 is 28.0 Å². The van der Waals surface area contributed by atoms with Crippen LogP contribution in [0.25, 0.3) is 0 Å². The minimum Gasteiger partial charge on any atom is -0.316 e. The number of hydrogen-bond acceptors (Lipinski definition) is 4. The lowest BCUT2D eigenvalue weighted by molar-refractivity contribution is 0.147. The molecule has 0 radical (unpaired) electrons. The van der Waals surface area contributed by atoms with Crippen molar-refractivity contribution in [1.82, 2.24) is 0 Å². The molecule has 0 saturated carbocycles. The van der Waals surface area contributed by atoms with E-state index in [0.29, 0.717) is 0 Å². The van der Waals surface area contributed by atoms with Gasteiger partial charge in [0, 0.05) is 0 Å². The molecular formula is C6H16O6P2. The molecule has 0 aromatic heterocycles. The van der Waals surface area contributed by atoms with E-state index < -0.39 is 26.8 Å². The van der Waals surface area contributed by atoms with Gasteiger partial charge in [0.2, 0.25) is 0 Å². The van der Waals surface area contributed by atoms with Gasteiger partial charge in [0.1, 0.15) is 0 Å². The Morgan fingerprint density at radius 1 is 0.929 bits per heavy atom. The first kappa shape index (κ1) is 14.3. The summed E-state index contributed by atoms with van der Waals surface area (Å²) >= 11 is 0. The fourth-order valence-corrected chi connectivity index (χ4v) is 3.91. The zero-order chi connectivity index (χ0) is 11.6. The maximum absolute atomic E-state index is 11.6. The topological polar surface area (TPSA) is 93.1 Å². The second-order valence-electron chi connectivity index (χ2n) is 3.29. The Morgan fingerprint density at radius 3 is 1.36 bits per heavy atom. The molecule has 0 spiro atoms. The Hall–Kier alpha value is 0.300. The van der Waals surface area contributed by atoms with Crippen molar-refractivity contribution in [3.63, 3.8) is 0 Å². The van der Waals surface area contributed by atoms with Crippen molar-refractivity contribution in [1.29, 1.82) is 0 Å². The summed E-state index contributed by atoms with van der Waals surface area (Å²) in [7, 11) is -9.23. The molecule has 0 aliphatic carbocycles. The molecule has 0 aliphatic rings. The molecule has 0 fully saturated rings. The van der Waals surface area contributed by atoms with Crippen LogP contribution in [0.3, 0.4) is 0 Å². The van der Waals surface area contributed by atoms with Crippen molar-refractivity contribution in [2.45, 2.75) is 39.9 Å². The van der Waals surface area contributed by atoms with Gasteiger partial charge >= 0.3 is 14.6 Å². The maximum atomic E-state index is 11.6. The van der Waals surface area contributed by atoms with Gasteiger partial charge in [-0.2, -0.15) is 0 Å². The smallest absolute Gasteiger partial charge is 0.316 e. The molecule has 0 aromatic carbocycles. The third-order valence-corrected chi connectivity index (χ3v) is 5.50. The Balaban J connectivity index is 4.88. The molecule has 0 bridgehead atoms.